The highest BCUT2D eigenvalue weighted by atomic mass is 16.5. The number of nitrogen functional groups attached to an aromatic ring is 1. The molecular weight excluding hydrogens is 294 g/mol. The Morgan fingerprint density at radius 3 is 2.43 bits per heavy atom. The van der Waals surface area contributed by atoms with Crippen LogP contribution in [0.25, 0.3) is 0 Å². The second-order valence-corrected chi connectivity index (χ2v) is 5.63. The van der Waals surface area contributed by atoms with Gasteiger partial charge < -0.3 is 15.2 Å². The van der Waals surface area contributed by atoms with Gasteiger partial charge in [-0.05, 0) is 38.0 Å². The van der Waals surface area contributed by atoms with Crippen LogP contribution in [0.3, 0.4) is 0 Å². The number of benzene rings is 1. The van der Waals surface area contributed by atoms with E-state index in [2.05, 4.69) is 5.10 Å². The summed E-state index contributed by atoms with van der Waals surface area (Å²) >= 11 is 0. The molecule has 0 amide bonds. The van der Waals surface area contributed by atoms with Crippen LogP contribution in [-0.2, 0) is 6.42 Å². The normalized spacial score (nSPS) is 12.0. The van der Waals surface area contributed by atoms with Crippen molar-refractivity contribution in [2.24, 2.45) is 5.92 Å². The van der Waals surface area contributed by atoms with Gasteiger partial charge in [0.2, 0.25) is 5.91 Å². The Hall–Kier alpha value is -2.50. The third-order valence-corrected chi connectivity index (χ3v) is 3.97. The first kappa shape index (κ1) is 16.9. The lowest BCUT2D eigenvalue weighted by Crippen LogP contribution is -2.23. The Balaban J connectivity index is 2.19. The Morgan fingerprint density at radius 2 is 1.91 bits per heavy atom. The van der Waals surface area contributed by atoms with E-state index >= 15 is 0 Å². The van der Waals surface area contributed by atoms with Crippen LogP contribution in [0.2, 0.25) is 0 Å². The third-order valence-electron chi connectivity index (χ3n) is 3.97. The van der Waals surface area contributed by atoms with E-state index in [0.29, 0.717) is 35.0 Å². The van der Waals surface area contributed by atoms with Crippen LogP contribution >= 0.6 is 0 Å². The van der Waals surface area contributed by atoms with Crippen LogP contribution in [0.1, 0.15) is 28.7 Å². The molecule has 124 valence electrons. The van der Waals surface area contributed by atoms with Gasteiger partial charge >= 0.3 is 0 Å². The van der Waals surface area contributed by atoms with E-state index in [0.717, 1.165) is 5.56 Å². The molecule has 0 radical (unpaired) electrons. The highest BCUT2D eigenvalue weighted by Crippen LogP contribution is 2.28. The maximum absolute atomic E-state index is 12.6. The topological polar surface area (TPSA) is 79.4 Å². The van der Waals surface area contributed by atoms with Crippen molar-refractivity contribution in [2.45, 2.75) is 27.2 Å². The van der Waals surface area contributed by atoms with E-state index < -0.39 is 0 Å². The molecule has 0 aliphatic heterocycles. The monoisotopic (exact) mass is 317 g/mol. The first-order valence-electron chi connectivity index (χ1n) is 7.45. The molecule has 0 bridgehead atoms. The Kier molecular flexibility index (Phi) is 4.93. The SMILES string of the molecule is COc1ccc(CC(C)C(=O)n2nc(C)c(N)c2C)cc1OC. The number of nitrogens with zero attached hydrogens (tertiary/aromatic N) is 2. The van der Waals surface area contributed by atoms with Crippen molar-refractivity contribution >= 4 is 11.6 Å². The largest absolute Gasteiger partial charge is 0.493 e. The third kappa shape index (κ3) is 3.31. The fraction of sp³-hybridized carbons (Fsp3) is 0.412. The fourth-order valence-electron chi connectivity index (χ4n) is 2.53. The minimum absolute atomic E-state index is 0.0721. The number of aryl methyl sites for hydroxylation is 1. The first-order chi connectivity index (χ1) is 10.9. The minimum Gasteiger partial charge on any atom is -0.493 e. The first-order valence-corrected chi connectivity index (χ1v) is 7.45. The molecule has 0 fully saturated rings. The molecule has 2 aromatic rings. The molecule has 23 heavy (non-hydrogen) atoms. The second kappa shape index (κ2) is 6.73. The van der Waals surface area contributed by atoms with Gasteiger partial charge in [0.05, 0.1) is 31.3 Å². The second-order valence-electron chi connectivity index (χ2n) is 5.63. The summed E-state index contributed by atoms with van der Waals surface area (Å²) in [6.45, 7) is 5.48. The Labute approximate surface area is 136 Å². The molecule has 0 saturated heterocycles. The minimum atomic E-state index is -0.231. The summed E-state index contributed by atoms with van der Waals surface area (Å²) in [7, 11) is 3.19. The lowest BCUT2D eigenvalue weighted by atomic mass is 10.00. The van der Waals surface area contributed by atoms with Gasteiger partial charge in [-0.15, -0.1) is 0 Å². The van der Waals surface area contributed by atoms with Gasteiger partial charge in [-0.2, -0.15) is 5.10 Å². The maximum atomic E-state index is 12.6. The van der Waals surface area contributed by atoms with E-state index in [-0.39, 0.29) is 11.8 Å². The molecule has 1 atom stereocenters. The standard InChI is InChI=1S/C17H23N3O3/c1-10(17(21)20-12(3)16(18)11(2)19-20)8-13-6-7-14(22-4)15(9-13)23-5/h6-7,9-10H,8,18H2,1-5H3. The highest BCUT2D eigenvalue weighted by Gasteiger charge is 2.21. The Morgan fingerprint density at radius 1 is 1.26 bits per heavy atom. The summed E-state index contributed by atoms with van der Waals surface area (Å²) in [4.78, 5) is 12.6. The van der Waals surface area contributed by atoms with Crippen molar-refractivity contribution in [3.8, 4) is 11.5 Å². The van der Waals surface area contributed by atoms with Crippen LogP contribution in [0.5, 0.6) is 11.5 Å². The number of hydrogen-bond donors (Lipinski definition) is 1. The molecule has 1 heterocycles. The zero-order valence-corrected chi connectivity index (χ0v) is 14.2. The average Bonchev–Trinajstić information content (AvgIpc) is 2.81. The van der Waals surface area contributed by atoms with Crippen LogP contribution in [-0.4, -0.2) is 29.9 Å². The molecule has 1 aromatic carbocycles. The van der Waals surface area contributed by atoms with E-state index in [1.165, 1.54) is 4.68 Å². The van der Waals surface area contributed by atoms with E-state index in [1.807, 2.05) is 25.1 Å². The van der Waals surface area contributed by atoms with Gasteiger partial charge in [0, 0.05) is 5.92 Å². The van der Waals surface area contributed by atoms with Gasteiger partial charge in [-0.1, -0.05) is 13.0 Å². The van der Waals surface area contributed by atoms with Crippen molar-refractivity contribution in [2.75, 3.05) is 20.0 Å². The van der Waals surface area contributed by atoms with Gasteiger partial charge in [0.15, 0.2) is 11.5 Å². The summed E-state index contributed by atoms with van der Waals surface area (Å²) < 4.78 is 11.9. The number of ether oxygens (including phenoxy) is 2. The quantitative estimate of drug-likeness (QED) is 0.917. The fourth-order valence-corrected chi connectivity index (χ4v) is 2.53. The van der Waals surface area contributed by atoms with Gasteiger partial charge in [0.1, 0.15) is 0 Å². The molecule has 6 heteroatoms. The van der Waals surface area contributed by atoms with E-state index in [4.69, 9.17) is 15.2 Å². The zero-order valence-electron chi connectivity index (χ0n) is 14.2. The number of anilines is 1. The summed E-state index contributed by atoms with van der Waals surface area (Å²) in [5.74, 6) is 1.02. The van der Waals surface area contributed by atoms with Crippen LogP contribution in [0.4, 0.5) is 5.69 Å². The zero-order chi connectivity index (χ0) is 17.1. The highest BCUT2D eigenvalue weighted by molar-refractivity contribution is 5.82. The molecule has 1 unspecified atom stereocenters. The lowest BCUT2D eigenvalue weighted by molar-refractivity contribution is 0.0824. The number of carbonyl (C=O) groups is 1. The number of rotatable bonds is 5. The molecule has 2 rings (SSSR count). The van der Waals surface area contributed by atoms with Crippen molar-refractivity contribution in [3.63, 3.8) is 0 Å². The molecule has 0 spiro atoms. The predicted octanol–water partition coefficient (Wildman–Crippen LogP) is 2.62. The number of hydrogen-bond acceptors (Lipinski definition) is 5. The molecule has 6 nitrogen and oxygen atoms in total. The molecule has 0 aliphatic rings. The number of methoxy groups -OCH3 is 2. The molecular formula is C17H23N3O3. The van der Waals surface area contributed by atoms with Gasteiger partial charge in [-0.3, -0.25) is 4.79 Å². The molecule has 0 aliphatic carbocycles. The van der Waals surface area contributed by atoms with Crippen LogP contribution < -0.4 is 15.2 Å². The van der Waals surface area contributed by atoms with Crippen molar-refractivity contribution < 1.29 is 14.3 Å². The molecule has 1 aromatic heterocycles. The van der Waals surface area contributed by atoms with Crippen LogP contribution in [0.15, 0.2) is 18.2 Å². The van der Waals surface area contributed by atoms with E-state index in [1.54, 1.807) is 28.1 Å². The van der Waals surface area contributed by atoms with E-state index in [9.17, 15) is 4.79 Å². The summed E-state index contributed by atoms with van der Waals surface area (Å²) in [6, 6.07) is 5.66. The van der Waals surface area contributed by atoms with Crippen LogP contribution in [0, 0.1) is 19.8 Å². The molecule has 2 N–H and O–H groups in total. The Bertz CT molecular complexity index is 722. The summed E-state index contributed by atoms with van der Waals surface area (Å²) in [6.07, 6.45) is 0.581. The van der Waals surface area contributed by atoms with Crippen molar-refractivity contribution in [3.05, 3.63) is 35.2 Å². The summed E-state index contributed by atoms with van der Waals surface area (Å²) in [5, 5.41) is 4.23. The van der Waals surface area contributed by atoms with Crippen molar-refractivity contribution in [1.82, 2.24) is 9.78 Å². The number of carbonyl (C=O) groups excluding carboxylic acids is 1. The average molecular weight is 317 g/mol. The predicted molar refractivity (Wildman–Crippen MR) is 89.2 cm³/mol. The van der Waals surface area contributed by atoms with Crippen molar-refractivity contribution in [1.29, 1.82) is 0 Å². The maximum Gasteiger partial charge on any atom is 0.250 e. The van der Waals surface area contributed by atoms with Gasteiger partial charge in [0.25, 0.3) is 0 Å². The molecule has 0 saturated carbocycles. The lowest BCUT2D eigenvalue weighted by Gasteiger charge is -2.13. The summed E-state index contributed by atoms with van der Waals surface area (Å²) in [5.41, 5.74) is 8.82. The smallest absolute Gasteiger partial charge is 0.250 e. The number of aromatic nitrogens is 2. The van der Waals surface area contributed by atoms with Gasteiger partial charge in [-0.25, -0.2) is 4.68 Å². The number of nitrogens with two attached hydrogens (primary N) is 1.